The molecule has 10 N–H and O–H groups in total. The normalized spacial score (nSPS) is 9.19. The molecule has 96 valence electrons. The van der Waals surface area contributed by atoms with E-state index in [1.54, 1.807) is 6.92 Å². The molecule has 0 spiro atoms. The maximum atomic E-state index is 6.75. The second-order valence-corrected chi connectivity index (χ2v) is 2.05. The van der Waals surface area contributed by atoms with E-state index < -0.39 is 0 Å². The second kappa shape index (κ2) is 13.4. The predicted octanol–water partition coefficient (Wildman–Crippen LogP) is -1.88. The molecular weight excluding hydrogens is 259 g/mol. The van der Waals surface area contributed by atoms with Gasteiger partial charge in [0.25, 0.3) is 0 Å². The first-order valence-electron chi connectivity index (χ1n) is 3.28. The lowest BCUT2D eigenvalue weighted by Gasteiger charge is -1.92. The molecule has 0 radical (unpaired) electrons. The Hall–Kier alpha value is -1.58. The summed E-state index contributed by atoms with van der Waals surface area (Å²) in [6.45, 7) is 1.64. The molecule has 0 amide bonds. The summed E-state index contributed by atoms with van der Waals surface area (Å²) in [5.74, 6) is -0.391. The minimum Gasteiger partial charge on any atom is -0.412 e. The van der Waals surface area contributed by atoms with E-state index >= 15 is 0 Å². The second-order valence-electron chi connectivity index (χ2n) is 2.05. The van der Waals surface area contributed by atoms with E-state index in [0.717, 1.165) is 0 Å². The molecule has 0 rings (SSSR count). The maximum Gasteiger partial charge on any atom is 0.211 e. The fourth-order valence-electron chi connectivity index (χ4n) is 0.358. The molecule has 0 heterocycles. The number of nitrogens with zero attached hydrogens (tertiary/aromatic N) is 3. The van der Waals surface area contributed by atoms with Crippen molar-refractivity contribution in [1.82, 2.24) is 5.43 Å². The smallest absolute Gasteiger partial charge is 0.211 e. The molecule has 0 bridgehead atoms. The molecule has 0 aliphatic carbocycles. The standard InChI is InChI=1S/C5H12N8.2ClH.H2O/c1-3(11-13-5(8)9)2-10-12-4(6)7;;;/h2H,1H3,(H4,6,7,12)(H4,8,9,13);2*1H;1H2/b10-2+,11-3?;;;. The van der Waals surface area contributed by atoms with Crippen molar-refractivity contribution in [1.29, 1.82) is 5.41 Å². The fourth-order valence-corrected chi connectivity index (χ4v) is 0.358. The van der Waals surface area contributed by atoms with Gasteiger partial charge < -0.3 is 22.7 Å². The Kier molecular flexibility index (Phi) is 20.1. The molecule has 0 saturated carbocycles. The predicted molar refractivity (Wildman–Crippen MR) is 70.6 cm³/mol. The third-order valence-electron chi connectivity index (χ3n) is 0.760. The summed E-state index contributed by atoms with van der Waals surface area (Å²) in [5.41, 5.74) is 17.7. The topological polar surface area (TPSA) is 183 Å². The van der Waals surface area contributed by atoms with Crippen LogP contribution in [0.2, 0.25) is 0 Å². The SMILES string of the molecule is CC(/C=N/NC(=N)N)=NN=C(N)N.Cl.Cl.O. The first kappa shape index (κ1) is 23.9. The van der Waals surface area contributed by atoms with Gasteiger partial charge >= 0.3 is 0 Å². The zero-order valence-electron chi connectivity index (χ0n) is 8.47. The van der Waals surface area contributed by atoms with Crippen LogP contribution in [-0.2, 0) is 0 Å². The van der Waals surface area contributed by atoms with Crippen LogP contribution in [0, 0.1) is 5.41 Å². The largest absolute Gasteiger partial charge is 0.412 e. The molecule has 0 aliphatic rings. The lowest BCUT2D eigenvalue weighted by molar-refractivity contribution is 0.824. The number of guanidine groups is 2. The molecule has 0 aromatic heterocycles. The van der Waals surface area contributed by atoms with E-state index in [1.165, 1.54) is 6.21 Å². The highest BCUT2D eigenvalue weighted by molar-refractivity contribution is 6.29. The molecule has 0 atom stereocenters. The maximum absolute atomic E-state index is 6.75. The van der Waals surface area contributed by atoms with E-state index in [4.69, 9.17) is 22.6 Å². The van der Waals surface area contributed by atoms with Crippen LogP contribution in [0.1, 0.15) is 6.92 Å². The van der Waals surface area contributed by atoms with Crippen molar-refractivity contribution >= 4 is 48.7 Å². The molecular formula is C5H16Cl2N8O. The summed E-state index contributed by atoms with van der Waals surface area (Å²) in [6.07, 6.45) is 1.33. The number of rotatable bonds is 3. The molecule has 0 saturated heterocycles. The average Bonchev–Trinajstić information content (AvgIpc) is 2.00. The monoisotopic (exact) mass is 274 g/mol. The van der Waals surface area contributed by atoms with Crippen LogP contribution in [0.3, 0.4) is 0 Å². The van der Waals surface area contributed by atoms with E-state index in [0.29, 0.717) is 5.71 Å². The molecule has 0 fully saturated rings. The number of nitrogens with two attached hydrogens (primary N) is 3. The van der Waals surface area contributed by atoms with Crippen molar-refractivity contribution in [3.63, 3.8) is 0 Å². The van der Waals surface area contributed by atoms with Gasteiger partial charge in [-0.25, -0.2) is 5.43 Å². The molecule has 16 heavy (non-hydrogen) atoms. The highest BCUT2D eigenvalue weighted by Gasteiger charge is 1.84. The molecule has 0 aromatic carbocycles. The van der Waals surface area contributed by atoms with Crippen molar-refractivity contribution < 1.29 is 5.48 Å². The van der Waals surface area contributed by atoms with Crippen LogP contribution in [0.15, 0.2) is 15.3 Å². The van der Waals surface area contributed by atoms with Crippen molar-refractivity contribution in [2.75, 3.05) is 0 Å². The summed E-state index contributed by atoms with van der Waals surface area (Å²) < 4.78 is 0. The van der Waals surface area contributed by atoms with Crippen molar-refractivity contribution in [3.8, 4) is 0 Å². The summed E-state index contributed by atoms with van der Waals surface area (Å²) in [7, 11) is 0. The quantitative estimate of drug-likeness (QED) is 0.229. The number of nitrogens with one attached hydrogen (secondary N) is 2. The van der Waals surface area contributed by atoms with Crippen LogP contribution in [0.5, 0.6) is 0 Å². The van der Waals surface area contributed by atoms with Gasteiger partial charge in [-0.1, -0.05) is 0 Å². The lowest BCUT2D eigenvalue weighted by Crippen LogP contribution is -2.25. The van der Waals surface area contributed by atoms with Gasteiger partial charge in [0.1, 0.15) is 0 Å². The molecule has 0 aromatic rings. The number of hydrogen-bond acceptors (Lipinski definition) is 4. The third kappa shape index (κ3) is 18.3. The minimum absolute atomic E-state index is 0. The summed E-state index contributed by atoms with van der Waals surface area (Å²) in [5, 5.41) is 17.2. The van der Waals surface area contributed by atoms with Gasteiger partial charge in [0, 0.05) is 0 Å². The van der Waals surface area contributed by atoms with Crippen molar-refractivity contribution in [2.45, 2.75) is 6.92 Å². The first-order valence-corrected chi connectivity index (χ1v) is 3.28. The molecule has 11 heteroatoms. The zero-order chi connectivity index (χ0) is 10.3. The number of halogens is 2. The Bertz CT molecular complexity index is 272. The van der Waals surface area contributed by atoms with Gasteiger partial charge in [0.15, 0.2) is 0 Å². The lowest BCUT2D eigenvalue weighted by atomic mass is 10.5. The van der Waals surface area contributed by atoms with Crippen LogP contribution >= 0.6 is 24.8 Å². The zero-order valence-corrected chi connectivity index (χ0v) is 10.1. The average molecular weight is 275 g/mol. The van der Waals surface area contributed by atoms with Crippen molar-refractivity contribution in [3.05, 3.63) is 0 Å². The van der Waals surface area contributed by atoms with Gasteiger partial charge in [0.2, 0.25) is 11.9 Å². The fraction of sp³-hybridized carbons (Fsp3) is 0.200. The Morgan fingerprint density at radius 3 is 2.06 bits per heavy atom. The van der Waals surface area contributed by atoms with E-state index in [1.807, 2.05) is 0 Å². The molecule has 0 unspecified atom stereocenters. The van der Waals surface area contributed by atoms with Crippen molar-refractivity contribution in [2.24, 2.45) is 32.5 Å². The van der Waals surface area contributed by atoms with Gasteiger partial charge in [-0.15, -0.1) is 29.9 Å². The van der Waals surface area contributed by atoms with Crippen LogP contribution in [-0.4, -0.2) is 29.3 Å². The molecule has 9 nitrogen and oxygen atoms in total. The Balaban J connectivity index is -0.000000240. The van der Waals surface area contributed by atoms with Gasteiger partial charge in [-0.05, 0) is 6.92 Å². The van der Waals surface area contributed by atoms with Gasteiger partial charge in [-0.3, -0.25) is 5.41 Å². The minimum atomic E-state index is -0.258. The van der Waals surface area contributed by atoms with E-state index in [2.05, 4.69) is 20.7 Å². The van der Waals surface area contributed by atoms with E-state index in [-0.39, 0.29) is 42.2 Å². The van der Waals surface area contributed by atoms with Crippen LogP contribution < -0.4 is 22.6 Å². The van der Waals surface area contributed by atoms with Crippen LogP contribution in [0.25, 0.3) is 0 Å². The van der Waals surface area contributed by atoms with E-state index in [9.17, 15) is 0 Å². The third-order valence-corrected chi connectivity index (χ3v) is 0.760. The highest BCUT2D eigenvalue weighted by Crippen LogP contribution is 1.74. The number of hydrazone groups is 1. The Labute approximate surface area is 105 Å². The van der Waals surface area contributed by atoms with Gasteiger partial charge in [-0.2, -0.15) is 10.2 Å². The highest BCUT2D eigenvalue weighted by atomic mass is 35.5. The number of hydrogen-bond donors (Lipinski definition) is 5. The summed E-state index contributed by atoms with van der Waals surface area (Å²) in [6, 6.07) is 0. The van der Waals surface area contributed by atoms with Crippen LogP contribution in [0.4, 0.5) is 0 Å². The molecule has 0 aliphatic heterocycles. The Morgan fingerprint density at radius 2 is 1.69 bits per heavy atom. The summed E-state index contributed by atoms with van der Waals surface area (Å²) in [4.78, 5) is 0. The Morgan fingerprint density at radius 1 is 1.19 bits per heavy atom. The van der Waals surface area contributed by atoms with Gasteiger partial charge in [0.05, 0.1) is 11.9 Å². The summed E-state index contributed by atoms with van der Waals surface area (Å²) >= 11 is 0. The first-order chi connectivity index (χ1) is 6.02.